The van der Waals surface area contributed by atoms with Crippen LogP contribution in [0.4, 0.5) is 24.7 Å². The van der Waals surface area contributed by atoms with Crippen LogP contribution in [-0.4, -0.2) is 29.8 Å². The second-order valence-electron chi connectivity index (χ2n) is 5.48. The lowest BCUT2D eigenvalue weighted by Crippen LogP contribution is -2.23. The number of benzene rings is 1. The maximum absolute atomic E-state index is 12.1. The van der Waals surface area contributed by atoms with Gasteiger partial charge in [-0.15, -0.1) is 37.1 Å². The summed E-state index contributed by atoms with van der Waals surface area (Å²) in [4.78, 5) is 19.9. The van der Waals surface area contributed by atoms with E-state index in [0.29, 0.717) is 11.5 Å². The minimum atomic E-state index is -4.75. The van der Waals surface area contributed by atoms with Gasteiger partial charge in [-0.3, -0.25) is 9.79 Å². The summed E-state index contributed by atoms with van der Waals surface area (Å²) < 4.78 is 40.1. The topological polar surface area (TPSA) is 102 Å². The molecule has 1 amide bonds. The van der Waals surface area contributed by atoms with E-state index in [4.69, 9.17) is 5.73 Å². The lowest BCUT2D eigenvalue weighted by atomic mass is 10.3. The van der Waals surface area contributed by atoms with E-state index in [9.17, 15) is 18.0 Å². The number of carbonyl (C=O) groups is 1. The molecule has 1 heterocycles. The fourth-order valence-electron chi connectivity index (χ4n) is 1.95. The van der Waals surface area contributed by atoms with Crippen molar-refractivity contribution in [2.24, 2.45) is 10.7 Å². The fourth-order valence-corrected chi connectivity index (χ4v) is 1.95. The number of nitrogens with one attached hydrogen (secondary N) is 2. The van der Waals surface area contributed by atoms with Gasteiger partial charge >= 0.3 is 6.36 Å². The number of alkyl halides is 3. The Balaban J connectivity index is 0.00000392. The van der Waals surface area contributed by atoms with Crippen LogP contribution in [0.5, 0.6) is 5.75 Å². The highest BCUT2D eigenvalue weighted by molar-refractivity contribution is 14.0. The van der Waals surface area contributed by atoms with E-state index < -0.39 is 6.36 Å². The van der Waals surface area contributed by atoms with E-state index >= 15 is 0 Å². The fraction of sp³-hybridized carbons (Fsp3) is 0.235. The maximum atomic E-state index is 12.1. The Bertz CT molecular complexity index is 796. The van der Waals surface area contributed by atoms with Gasteiger partial charge in [-0.05, 0) is 42.8 Å². The normalized spacial score (nSPS) is 11.4. The van der Waals surface area contributed by atoms with E-state index in [1.165, 1.54) is 12.1 Å². The highest BCUT2D eigenvalue weighted by Gasteiger charge is 2.30. The van der Waals surface area contributed by atoms with E-state index in [1.54, 1.807) is 12.3 Å². The molecule has 0 spiro atoms. The molecule has 1 aromatic heterocycles. The molecule has 28 heavy (non-hydrogen) atoms. The molecule has 0 radical (unpaired) electrons. The molecule has 0 fully saturated rings. The Labute approximate surface area is 176 Å². The number of nitrogens with zero attached hydrogens (tertiary/aromatic N) is 2. The Kier molecular flexibility index (Phi) is 8.96. The SMILES string of the molecule is Cc1ccc(NC(=O)CCN=C(N)Nc2ccc(OC(F)(F)F)cc2)nc1.I. The number of ether oxygens (including phenoxy) is 1. The molecule has 0 unspecified atom stereocenters. The van der Waals surface area contributed by atoms with E-state index in [0.717, 1.165) is 17.7 Å². The third kappa shape index (κ3) is 8.88. The molecule has 0 atom stereocenters. The summed E-state index contributed by atoms with van der Waals surface area (Å²) in [7, 11) is 0. The zero-order chi connectivity index (χ0) is 19.9. The summed E-state index contributed by atoms with van der Waals surface area (Å²) in [5.74, 6) is -0.135. The molecular formula is C17H19F3IN5O2. The monoisotopic (exact) mass is 509 g/mol. The summed E-state index contributed by atoms with van der Waals surface area (Å²) in [6.07, 6.45) is -3.01. The molecule has 0 saturated carbocycles. The van der Waals surface area contributed by atoms with Gasteiger partial charge in [0.1, 0.15) is 11.6 Å². The molecule has 0 aliphatic heterocycles. The predicted molar refractivity (Wildman–Crippen MR) is 111 cm³/mol. The van der Waals surface area contributed by atoms with Crippen LogP contribution in [0.25, 0.3) is 0 Å². The Morgan fingerprint density at radius 2 is 1.86 bits per heavy atom. The standard InChI is InChI=1S/C17H18F3N5O2.HI/c1-11-2-7-14(23-10-11)25-15(26)8-9-22-16(21)24-12-3-5-13(6-4-12)27-17(18,19)20;/h2-7,10H,8-9H2,1H3,(H3,21,22,24)(H,23,25,26);1H. The van der Waals surface area contributed by atoms with Gasteiger partial charge in [0.15, 0.2) is 5.96 Å². The van der Waals surface area contributed by atoms with Gasteiger partial charge in [0.05, 0.1) is 6.54 Å². The van der Waals surface area contributed by atoms with Crippen LogP contribution in [0, 0.1) is 6.92 Å². The zero-order valence-corrected chi connectivity index (χ0v) is 17.1. The van der Waals surface area contributed by atoms with Crippen molar-refractivity contribution in [2.45, 2.75) is 19.7 Å². The summed E-state index contributed by atoms with van der Waals surface area (Å²) in [6, 6.07) is 8.53. The van der Waals surface area contributed by atoms with Crippen molar-refractivity contribution in [1.29, 1.82) is 0 Å². The number of hydrogen-bond donors (Lipinski definition) is 3. The maximum Gasteiger partial charge on any atom is 0.573 e. The molecule has 11 heteroatoms. The van der Waals surface area contributed by atoms with Gasteiger partial charge in [-0.1, -0.05) is 6.07 Å². The Morgan fingerprint density at radius 3 is 2.43 bits per heavy atom. The lowest BCUT2D eigenvalue weighted by Gasteiger charge is -2.10. The summed E-state index contributed by atoms with van der Waals surface area (Å²) in [6.45, 7) is 2.02. The number of halogens is 4. The molecular weight excluding hydrogens is 490 g/mol. The summed E-state index contributed by atoms with van der Waals surface area (Å²) in [5.41, 5.74) is 7.10. The number of aryl methyl sites for hydroxylation is 1. The molecule has 2 rings (SSSR count). The number of aromatic nitrogens is 1. The molecule has 7 nitrogen and oxygen atoms in total. The summed E-state index contributed by atoms with van der Waals surface area (Å²) >= 11 is 0. The number of amides is 1. The third-order valence-electron chi connectivity index (χ3n) is 3.16. The van der Waals surface area contributed by atoms with Crippen molar-refractivity contribution < 1.29 is 22.7 Å². The molecule has 0 aliphatic carbocycles. The smallest absolute Gasteiger partial charge is 0.406 e. The lowest BCUT2D eigenvalue weighted by molar-refractivity contribution is -0.274. The average molecular weight is 509 g/mol. The second-order valence-corrected chi connectivity index (χ2v) is 5.48. The van der Waals surface area contributed by atoms with Gasteiger partial charge in [-0.25, -0.2) is 4.98 Å². The van der Waals surface area contributed by atoms with Crippen LogP contribution in [0.1, 0.15) is 12.0 Å². The van der Waals surface area contributed by atoms with Gasteiger partial charge in [0.25, 0.3) is 0 Å². The number of anilines is 2. The number of aliphatic imine (C=N–C) groups is 1. The van der Waals surface area contributed by atoms with Gasteiger partial charge in [-0.2, -0.15) is 0 Å². The molecule has 1 aromatic carbocycles. The number of hydrogen-bond acceptors (Lipinski definition) is 4. The van der Waals surface area contributed by atoms with Gasteiger partial charge < -0.3 is 21.1 Å². The van der Waals surface area contributed by atoms with Crippen molar-refractivity contribution in [2.75, 3.05) is 17.2 Å². The van der Waals surface area contributed by atoms with E-state index in [1.807, 2.05) is 13.0 Å². The largest absolute Gasteiger partial charge is 0.573 e. The van der Waals surface area contributed by atoms with Crippen LogP contribution in [0.15, 0.2) is 47.6 Å². The van der Waals surface area contributed by atoms with E-state index in [-0.39, 0.29) is 54.6 Å². The van der Waals surface area contributed by atoms with E-state index in [2.05, 4.69) is 25.3 Å². The first-order valence-corrected chi connectivity index (χ1v) is 7.86. The van der Waals surface area contributed by atoms with Crippen LogP contribution < -0.4 is 21.1 Å². The molecule has 4 N–H and O–H groups in total. The number of carbonyl (C=O) groups excluding carboxylic acids is 1. The van der Waals surface area contributed by atoms with Crippen molar-refractivity contribution in [3.05, 3.63) is 48.2 Å². The first kappa shape index (κ1) is 23.5. The number of nitrogens with two attached hydrogens (primary N) is 1. The van der Waals surface area contributed by atoms with Crippen molar-refractivity contribution in [3.8, 4) is 5.75 Å². The van der Waals surface area contributed by atoms with Crippen molar-refractivity contribution in [3.63, 3.8) is 0 Å². The second kappa shape index (κ2) is 10.7. The van der Waals surface area contributed by atoms with Crippen LogP contribution in [-0.2, 0) is 4.79 Å². The molecule has 0 saturated heterocycles. The zero-order valence-electron chi connectivity index (χ0n) is 14.8. The first-order chi connectivity index (χ1) is 12.7. The Morgan fingerprint density at radius 1 is 1.18 bits per heavy atom. The van der Waals surface area contributed by atoms with Crippen LogP contribution in [0.2, 0.25) is 0 Å². The highest BCUT2D eigenvalue weighted by Crippen LogP contribution is 2.23. The predicted octanol–water partition coefficient (Wildman–Crippen LogP) is 3.66. The molecule has 0 bridgehead atoms. The highest BCUT2D eigenvalue weighted by atomic mass is 127. The summed E-state index contributed by atoms with van der Waals surface area (Å²) in [5, 5.41) is 5.34. The minimum absolute atomic E-state index is 0. The first-order valence-electron chi connectivity index (χ1n) is 7.86. The molecule has 2 aromatic rings. The molecule has 0 aliphatic rings. The van der Waals surface area contributed by atoms with Gasteiger partial charge in [0.2, 0.25) is 5.91 Å². The Hall–Kier alpha value is -2.57. The average Bonchev–Trinajstić information content (AvgIpc) is 2.57. The van der Waals surface area contributed by atoms with Gasteiger partial charge in [0, 0.05) is 18.3 Å². The van der Waals surface area contributed by atoms with Crippen LogP contribution in [0.3, 0.4) is 0 Å². The number of pyridine rings is 1. The molecule has 152 valence electrons. The minimum Gasteiger partial charge on any atom is -0.406 e. The van der Waals surface area contributed by atoms with Crippen molar-refractivity contribution >= 4 is 47.3 Å². The third-order valence-corrected chi connectivity index (χ3v) is 3.16. The quantitative estimate of drug-likeness (QED) is 0.314. The van der Waals surface area contributed by atoms with Crippen molar-refractivity contribution in [1.82, 2.24) is 4.98 Å². The van der Waals surface area contributed by atoms with Crippen LogP contribution >= 0.6 is 24.0 Å². The number of guanidine groups is 1. The number of rotatable bonds is 6.